The van der Waals surface area contributed by atoms with Crippen molar-refractivity contribution in [3.8, 4) is 5.75 Å². The third-order valence-electron chi connectivity index (χ3n) is 2.99. The Balaban J connectivity index is 2.53. The van der Waals surface area contributed by atoms with Crippen LogP contribution >= 0.6 is 0 Å². The summed E-state index contributed by atoms with van der Waals surface area (Å²) in [4.78, 5) is 24.0. The van der Waals surface area contributed by atoms with Gasteiger partial charge in [-0.15, -0.1) is 0 Å². The van der Waals surface area contributed by atoms with E-state index in [-0.39, 0.29) is 18.0 Å². The molecule has 0 atom stereocenters. The maximum Gasteiger partial charge on any atom is 0.339 e. The van der Waals surface area contributed by atoms with E-state index in [2.05, 4.69) is 6.92 Å². The van der Waals surface area contributed by atoms with E-state index in [9.17, 15) is 9.59 Å². The monoisotopic (exact) mass is 294 g/mol. The molecule has 0 heterocycles. The Morgan fingerprint density at radius 1 is 1.29 bits per heavy atom. The first-order valence-electron chi connectivity index (χ1n) is 7.00. The van der Waals surface area contributed by atoms with Crippen LogP contribution in [0.1, 0.15) is 30.1 Å². The van der Waals surface area contributed by atoms with Crippen molar-refractivity contribution in [1.29, 1.82) is 0 Å². The third kappa shape index (κ3) is 6.27. The second kappa shape index (κ2) is 8.97. The molecular weight excluding hydrogens is 272 g/mol. The summed E-state index contributed by atoms with van der Waals surface area (Å²) in [6.45, 7) is 3.85. The molecule has 6 heteroatoms. The number of aromatic carboxylic acids is 1. The highest BCUT2D eigenvalue weighted by Gasteiger charge is 2.11. The van der Waals surface area contributed by atoms with E-state index in [1.807, 2.05) is 4.90 Å². The molecule has 1 aromatic carbocycles. The molecule has 0 aliphatic heterocycles. The van der Waals surface area contributed by atoms with Crippen LogP contribution in [0, 0.1) is 0 Å². The van der Waals surface area contributed by atoms with Crippen LogP contribution < -0.4 is 10.5 Å². The number of hydrogen-bond acceptors (Lipinski definition) is 4. The van der Waals surface area contributed by atoms with Crippen LogP contribution in [0.5, 0.6) is 5.75 Å². The molecule has 1 aromatic rings. The molecule has 3 N–H and O–H groups in total. The van der Waals surface area contributed by atoms with E-state index in [0.29, 0.717) is 18.9 Å². The fourth-order valence-electron chi connectivity index (χ4n) is 1.93. The first-order chi connectivity index (χ1) is 10.0. The molecule has 21 heavy (non-hydrogen) atoms. The Kier molecular flexibility index (Phi) is 7.25. The van der Waals surface area contributed by atoms with Gasteiger partial charge in [0.2, 0.25) is 5.91 Å². The Bertz CT molecular complexity index is 476. The fraction of sp³-hybridized carbons (Fsp3) is 0.467. The summed E-state index contributed by atoms with van der Waals surface area (Å²) < 4.78 is 5.52. The SMILES string of the molecule is CCCCN(CCOc1ccccc1C(=O)O)CC(N)=O. The molecule has 116 valence electrons. The second-order valence-electron chi connectivity index (χ2n) is 4.75. The quantitative estimate of drug-likeness (QED) is 0.679. The van der Waals surface area contributed by atoms with Crippen molar-refractivity contribution in [2.45, 2.75) is 19.8 Å². The zero-order chi connectivity index (χ0) is 15.7. The lowest BCUT2D eigenvalue weighted by atomic mass is 10.2. The van der Waals surface area contributed by atoms with E-state index >= 15 is 0 Å². The number of primary amides is 1. The molecule has 0 saturated carbocycles. The summed E-state index contributed by atoms with van der Waals surface area (Å²) >= 11 is 0. The van der Waals surface area contributed by atoms with E-state index < -0.39 is 5.97 Å². The van der Waals surface area contributed by atoms with Crippen LogP contribution in [-0.2, 0) is 4.79 Å². The Morgan fingerprint density at radius 2 is 2.00 bits per heavy atom. The smallest absolute Gasteiger partial charge is 0.339 e. The summed E-state index contributed by atoms with van der Waals surface area (Å²) in [7, 11) is 0. The normalized spacial score (nSPS) is 10.6. The number of amides is 1. The van der Waals surface area contributed by atoms with Crippen LogP contribution in [-0.4, -0.2) is 48.1 Å². The largest absolute Gasteiger partial charge is 0.491 e. The molecule has 1 amide bonds. The van der Waals surface area contributed by atoms with Crippen molar-refractivity contribution in [3.05, 3.63) is 29.8 Å². The van der Waals surface area contributed by atoms with Gasteiger partial charge in [0.05, 0.1) is 6.54 Å². The molecule has 0 aromatic heterocycles. The van der Waals surface area contributed by atoms with Crippen LogP contribution in [0.3, 0.4) is 0 Å². The number of unbranched alkanes of at least 4 members (excludes halogenated alkanes) is 1. The number of nitrogens with two attached hydrogens (primary N) is 1. The number of carbonyl (C=O) groups is 2. The van der Waals surface area contributed by atoms with Gasteiger partial charge >= 0.3 is 5.97 Å². The summed E-state index contributed by atoms with van der Waals surface area (Å²) in [5.74, 6) is -1.07. The third-order valence-corrected chi connectivity index (χ3v) is 2.99. The minimum absolute atomic E-state index is 0.132. The van der Waals surface area contributed by atoms with Crippen LogP contribution in [0.15, 0.2) is 24.3 Å². The average molecular weight is 294 g/mol. The van der Waals surface area contributed by atoms with Gasteiger partial charge in [-0.2, -0.15) is 0 Å². The summed E-state index contributed by atoms with van der Waals surface area (Å²) in [6.07, 6.45) is 2.00. The van der Waals surface area contributed by atoms with Crippen molar-refractivity contribution in [2.75, 3.05) is 26.2 Å². The highest BCUT2D eigenvalue weighted by molar-refractivity contribution is 5.90. The Morgan fingerprint density at radius 3 is 2.62 bits per heavy atom. The van der Waals surface area contributed by atoms with Crippen molar-refractivity contribution >= 4 is 11.9 Å². The molecule has 0 unspecified atom stereocenters. The molecule has 1 rings (SSSR count). The molecule has 0 aliphatic rings. The van der Waals surface area contributed by atoms with Crippen LogP contribution in [0.2, 0.25) is 0 Å². The standard InChI is InChI=1S/C15H22N2O4/c1-2-3-8-17(11-14(16)18)9-10-21-13-7-5-4-6-12(13)15(19)20/h4-7H,2-3,8-11H2,1H3,(H2,16,18)(H,19,20). The minimum atomic E-state index is -1.02. The number of carbonyl (C=O) groups excluding carboxylic acids is 1. The predicted molar refractivity (Wildman–Crippen MR) is 79.4 cm³/mol. The van der Waals surface area contributed by atoms with E-state index in [4.69, 9.17) is 15.6 Å². The van der Waals surface area contributed by atoms with Gasteiger partial charge in [-0.25, -0.2) is 4.79 Å². The van der Waals surface area contributed by atoms with Gasteiger partial charge in [0.25, 0.3) is 0 Å². The second-order valence-corrected chi connectivity index (χ2v) is 4.75. The summed E-state index contributed by atoms with van der Waals surface area (Å²) in [5, 5.41) is 9.06. The summed E-state index contributed by atoms with van der Waals surface area (Å²) in [6, 6.07) is 6.49. The van der Waals surface area contributed by atoms with Crippen molar-refractivity contribution in [3.63, 3.8) is 0 Å². The van der Waals surface area contributed by atoms with E-state index in [1.54, 1.807) is 18.2 Å². The molecule has 0 fully saturated rings. The highest BCUT2D eigenvalue weighted by atomic mass is 16.5. The molecule has 0 aliphatic carbocycles. The molecule has 0 bridgehead atoms. The van der Waals surface area contributed by atoms with Gasteiger partial charge in [0.15, 0.2) is 0 Å². The number of hydrogen-bond donors (Lipinski definition) is 2. The van der Waals surface area contributed by atoms with Crippen molar-refractivity contribution in [1.82, 2.24) is 4.90 Å². The average Bonchev–Trinajstić information content (AvgIpc) is 2.44. The first-order valence-corrected chi connectivity index (χ1v) is 7.00. The lowest BCUT2D eigenvalue weighted by Gasteiger charge is -2.20. The van der Waals surface area contributed by atoms with Crippen molar-refractivity contribution in [2.24, 2.45) is 5.73 Å². The zero-order valence-electron chi connectivity index (χ0n) is 12.2. The van der Waals surface area contributed by atoms with Gasteiger partial charge in [-0.3, -0.25) is 9.69 Å². The zero-order valence-corrected chi connectivity index (χ0v) is 12.2. The summed E-state index contributed by atoms with van der Waals surface area (Å²) in [5.41, 5.74) is 5.34. The van der Waals surface area contributed by atoms with Crippen LogP contribution in [0.4, 0.5) is 0 Å². The van der Waals surface area contributed by atoms with Gasteiger partial charge in [-0.05, 0) is 25.1 Å². The maximum absolute atomic E-state index is 11.1. The van der Waals surface area contributed by atoms with E-state index in [1.165, 1.54) is 6.07 Å². The topological polar surface area (TPSA) is 92.9 Å². The molecule has 0 spiro atoms. The molecule has 0 saturated heterocycles. The highest BCUT2D eigenvalue weighted by Crippen LogP contribution is 2.17. The van der Waals surface area contributed by atoms with E-state index in [0.717, 1.165) is 19.4 Å². The lowest BCUT2D eigenvalue weighted by molar-refractivity contribution is -0.119. The van der Waals surface area contributed by atoms with Gasteiger partial charge in [-0.1, -0.05) is 25.5 Å². The fourth-order valence-corrected chi connectivity index (χ4v) is 1.93. The Labute approximate surface area is 124 Å². The number of benzene rings is 1. The number of nitrogens with zero attached hydrogens (tertiary/aromatic N) is 1. The number of carboxylic acid groups (broad SMARTS) is 1. The van der Waals surface area contributed by atoms with Crippen LogP contribution in [0.25, 0.3) is 0 Å². The number of para-hydroxylation sites is 1. The number of carboxylic acids is 1. The van der Waals surface area contributed by atoms with Gasteiger partial charge in [0.1, 0.15) is 17.9 Å². The first kappa shape index (κ1) is 17.0. The van der Waals surface area contributed by atoms with Gasteiger partial charge in [0, 0.05) is 6.54 Å². The molecule has 6 nitrogen and oxygen atoms in total. The Hall–Kier alpha value is -2.08. The lowest BCUT2D eigenvalue weighted by Crippen LogP contribution is -2.37. The van der Waals surface area contributed by atoms with Gasteiger partial charge < -0.3 is 15.6 Å². The number of rotatable bonds is 10. The number of ether oxygens (including phenoxy) is 1. The molecule has 0 radical (unpaired) electrons. The molecular formula is C15H22N2O4. The maximum atomic E-state index is 11.1. The van der Waals surface area contributed by atoms with Crippen molar-refractivity contribution < 1.29 is 19.4 Å². The predicted octanol–water partition coefficient (Wildman–Crippen LogP) is 1.35. The minimum Gasteiger partial charge on any atom is -0.491 e.